The third-order valence-electron chi connectivity index (χ3n) is 11.6. The first-order chi connectivity index (χ1) is 16.3. The van der Waals surface area contributed by atoms with E-state index in [9.17, 15) is 5.11 Å². The summed E-state index contributed by atoms with van der Waals surface area (Å²) < 4.78 is 19.4. The highest BCUT2D eigenvalue weighted by atomic mass is 16.6. The SMILES string of the molecule is COc1ccc2c3c1O[C@H]1[C@](C)(OC)[C@@H]([C@](C)(O)C(C)(C)C)C[C@]4(C)[C@@H](C2)N(CC2CC2)CC[C@]314. The van der Waals surface area contributed by atoms with Crippen molar-refractivity contribution in [1.29, 1.82) is 0 Å². The molecule has 1 N–H and O–H groups in total. The third-order valence-corrected chi connectivity index (χ3v) is 11.6. The smallest absolute Gasteiger partial charge is 0.165 e. The summed E-state index contributed by atoms with van der Waals surface area (Å²) in [5.74, 6) is 2.53. The summed E-state index contributed by atoms with van der Waals surface area (Å²) in [6, 6.07) is 4.83. The standard InChI is InChI=1S/C30H45NO4/c1-26(2,3)29(6,32)21-16-27(4)22-15-19-11-12-20(33-7)24-23(19)30(27,25(35-24)28(21,5)34-8)13-14-31(22)17-18-9-10-18/h11-12,18,21-22,25,32H,9-10,13-17H2,1-8H3/t21-,22+,25-,27+,28+,29-,30-/m0/s1. The maximum absolute atomic E-state index is 12.2. The van der Waals surface area contributed by atoms with E-state index in [2.05, 4.69) is 51.7 Å². The molecule has 1 aromatic carbocycles. The van der Waals surface area contributed by atoms with Crippen molar-refractivity contribution >= 4 is 0 Å². The number of benzene rings is 1. The Morgan fingerprint density at radius 2 is 1.86 bits per heavy atom. The van der Waals surface area contributed by atoms with E-state index < -0.39 is 11.2 Å². The van der Waals surface area contributed by atoms with Crippen molar-refractivity contribution in [3.63, 3.8) is 0 Å². The largest absolute Gasteiger partial charge is 0.493 e. The number of likely N-dealkylation sites (tertiary alicyclic amines) is 1. The van der Waals surface area contributed by atoms with Crippen molar-refractivity contribution in [2.24, 2.45) is 22.7 Å². The Hall–Kier alpha value is -1.30. The van der Waals surface area contributed by atoms with Gasteiger partial charge in [-0.05, 0) is 80.9 Å². The normalized spacial score (nSPS) is 41.7. The number of hydrogen-bond donors (Lipinski definition) is 1. The van der Waals surface area contributed by atoms with Crippen LogP contribution in [0.25, 0.3) is 0 Å². The Morgan fingerprint density at radius 1 is 1.14 bits per heavy atom. The maximum Gasteiger partial charge on any atom is 0.165 e. The van der Waals surface area contributed by atoms with Gasteiger partial charge in [-0.15, -0.1) is 0 Å². The van der Waals surface area contributed by atoms with Crippen LogP contribution in [-0.2, 0) is 16.6 Å². The van der Waals surface area contributed by atoms with Crippen LogP contribution >= 0.6 is 0 Å². The van der Waals surface area contributed by atoms with Crippen molar-refractivity contribution in [2.75, 3.05) is 27.3 Å². The van der Waals surface area contributed by atoms with E-state index in [0.29, 0.717) is 6.04 Å². The van der Waals surface area contributed by atoms with E-state index in [4.69, 9.17) is 14.2 Å². The lowest BCUT2D eigenvalue weighted by Crippen LogP contribution is -2.79. The zero-order valence-electron chi connectivity index (χ0n) is 23.0. The lowest BCUT2D eigenvalue weighted by atomic mass is 9.38. The molecule has 0 amide bonds. The zero-order valence-corrected chi connectivity index (χ0v) is 23.0. The highest BCUT2D eigenvalue weighted by Crippen LogP contribution is 2.73. The second kappa shape index (κ2) is 7.17. The molecule has 5 heteroatoms. The molecule has 2 saturated carbocycles. The molecule has 0 radical (unpaired) electrons. The van der Waals surface area contributed by atoms with Gasteiger partial charge in [0.2, 0.25) is 0 Å². The van der Waals surface area contributed by atoms with E-state index in [1.54, 1.807) is 7.11 Å². The minimum atomic E-state index is -0.930. The molecule has 1 saturated heterocycles. The lowest BCUT2D eigenvalue weighted by molar-refractivity contribution is -0.270. The molecular formula is C30H45NO4. The fraction of sp³-hybridized carbons (Fsp3) is 0.800. The van der Waals surface area contributed by atoms with Crippen molar-refractivity contribution in [3.05, 3.63) is 23.3 Å². The molecule has 7 atom stereocenters. The number of piperidine rings is 1. The number of ether oxygens (including phenoxy) is 3. The molecule has 3 aliphatic carbocycles. The molecule has 1 spiro atoms. The van der Waals surface area contributed by atoms with Crippen LogP contribution in [0.4, 0.5) is 0 Å². The van der Waals surface area contributed by atoms with Gasteiger partial charge < -0.3 is 19.3 Å². The number of methoxy groups -OCH3 is 2. The van der Waals surface area contributed by atoms with Crippen LogP contribution in [0.2, 0.25) is 0 Å². The summed E-state index contributed by atoms with van der Waals surface area (Å²) in [6.45, 7) is 15.5. The predicted octanol–water partition coefficient (Wildman–Crippen LogP) is 4.96. The van der Waals surface area contributed by atoms with Gasteiger partial charge in [0.1, 0.15) is 11.7 Å². The first kappa shape index (κ1) is 24.1. The number of rotatable bonds is 5. The van der Waals surface area contributed by atoms with Crippen LogP contribution in [0, 0.1) is 22.7 Å². The molecule has 3 fully saturated rings. The molecule has 35 heavy (non-hydrogen) atoms. The first-order valence-electron chi connectivity index (χ1n) is 13.7. The van der Waals surface area contributed by atoms with E-state index in [1.807, 2.05) is 14.0 Å². The molecule has 2 bridgehead atoms. The third kappa shape index (κ3) is 2.81. The number of aliphatic hydroxyl groups is 1. The highest BCUT2D eigenvalue weighted by molar-refractivity contribution is 5.63. The van der Waals surface area contributed by atoms with Gasteiger partial charge in [0.05, 0.1) is 12.7 Å². The monoisotopic (exact) mass is 483 g/mol. The molecule has 1 aromatic rings. The van der Waals surface area contributed by atoms with Gasteiger partial charge in [0.15, 0.2) is 11.5 Å². The minimum absolute atomic E-state index is 0.0344. The second-order valence-electron chi connectivity index (χ2n) is 14.0. The molecule has 2 heterocycles. The van der Waals surface area contributed by atoms with Crippen LogP contribution in [0.1, 0.15) is 78.4 Å². The molecule has 5 aliphatic rings. The highest BCUT2D eigenvalue weighted by Gasteiger charge is 2.77. The zero-order chi connectivity index (χ0) is 25.2. The van der Waals surface area contributed by atoms with Gasteiger partial charge in [0.25, 0.3) is 0 Å². The van der Waals surface area contributed by atoms with E-state index in [0.717, 1.165) is 43.2 Å². The quantitative estimate of drug-likeness (QED) is 0.641. The molecular weight excluding hydrogens is 438 g/mol. The van der Waals surface area contributed by atoms with Crippen molar-refractivity contribution < 1.29 is 19.3 Å². The summed E-state index contributed by atoms with van der Waals surface area (Å²) in [6.07, 6.45) is 5.60. The minimum Gasteiger partial charge on any atom is -0.493 e. The second-order valence-corrected chi connectivity index (χ2v) is 14.0. The summed E-state index contributed by atoms with van der Waals surface area (Å²) in [4.78, 5) is 2.81. The summed E-state index contributed by atoms with van der Waals surface area (Å²) in [5, 5.41) is 12.2. The van der Waals surface area contributed by atoms with E-state index >= 15 is 0 Å². The Labute approximate surface area is 211 Å². The van der Waals surface area contributed by atoms with Crippen LogP contribution in [0.3, 0.4) is 0 Å². The van der Waals surface area contributed by atoms with Crippen molar-refractivity contribution in [1.82, 2.24) is 4.90 Å². The van der Waals surface area contributed by atoms with Crippen LogP contribution < -0.4 is 9.47 Å². The predicted molar refractivity (Wildman–Crippen MR) is 137 cm³/mol. The first-order valence-corrected chi connectivity index (χ1v) is 13.7. The summed E-state index contributed by atoms with van der Waals surface area (Å²) in [5.41, 5.74) is 0.745. The topological polar surface area (TPSA) is 51.2 Å². The summed E-state index contributed by atoms with van der Waals surface area (Å²) in [7, 11) is 3.56. The van der Waals surface area contributed by atoms with Gasteiger partial charge in [-0.2, -0.15) is 0 Å². The van der Waals surface area contributed by atoms with Gasteiger partial charge in [-0.1, -0.05) is 33.8 Å². The molecule has 0 unspecified atom stereocenters. The van der Waals surface area contributed by atoms with E-state index in [1.165, 1.54) is 30.5 Å². The average Bonchev–Trinajstić information content (AvgIpc) is 3.53. The molecule has 5 nitrogen and oxygen atoms in total. The van der Waals surface area contributed by atoms with Crippen molar-refractivity contribution in [3.8, 4) is 11.5 Å². The average molecular weight is 484 g/mol. The Balaban J connectivity index is 1.59. The van der Waals surface area contributed by atoms with E-state index in [-0.39, 0.29) is 28.3 Å². The Morgan fingerprint density at radius 3 is 2.46 bits per heavy atom. The van der Waals surface area contributed by atoms with Crippen LogP contribution in [-0.4, -0.2) is 60.7 Å². The van der Waals surface area contributed by atoms with Crippen LogP contribution in [0.15, 0.2) is 12.1 Å². The van der Waals surface area contributed by atoms with Gasteiger partial charge in [-0.25, -0.2) is 0 Å². The lowest BCUT2D eigenvalue weighted by Gasteiger charge is -2.70. The van der Waals surface area contributed by atoms with Crippen LogP contribution in [0.5, 0.6) is 11.5 Å². The molecule has 6 rings (SSSR count). The van der Waals surface area contributed by atoms with Crippen molar-refractivity contribution in [2.45, 2.75) is 102 Å². The molecule has 0 aromatic heterocycles. The van der Waals surface area contributed by atoms with Gasteiger partial charge in [0, 0.05) is 36.6 Å². The Kier molecular flexibility index (Phi) is 4.93. The fourth-order valence-corrected chi connectivity index (χ4v) is 8.87. The number of hydrogen-bond acceptors (Lipinski definition) is 5. The number of nitrogens with zero attached hydrogens (tertiary/aromatic N) is 1. The van der Waals surface area contributed by atoms with Gasteiger partial charge in [-0.3, -0.25) is 4.90 Å². The summed E-state index contributed by atoms with van der Waals surface area (Å²) >= 11 is 0. The molecule has 2 aliphatic heterocycles. The van der Waals surface area contributed by atoms with Gasteiger partial charge >= 0.3 is 0 Å². The fourth-order valence-electron chi connectivity index (χ4n) is 8.87. The molecule has 194 valence electrons. The Bertz CT molecular complexity index is 1040. The maximum atomic E-state index is 12.2.